The average molecular weight is 367 g/mol. The summed E-state index contributed by atoms with van der Waals surface area (Å²) in [4.78, 5) is 2.51. The van der Waals surface area contributed by atoms with E-state index < -0.39 is 0 Å². The molecule has 2 fully saturated rings. The van der Waals surface area contributed by atoms with Crippen LogP contribution in [0.2, 0.25) is 0 Å². The van der Waals surface area contributed by atoms with Crippen LogP contribution in [0, 0.1) is 0 Å². The van der Waals surface area contributed by atoms with Gasteiger partial charge >= 0.3 is 0 Å². The number of benzene rings is 2. The quantitative estimate of drug-likeness (QED) is 0.864. The molecule has 2 aromatic carbocycles. The van der Waals surface area contributed by atoms with Crippen molar-refractivity contribution in [2.45, 2.75) is 37.8 Å². The Hall–Kier alpha value is -2.04. The molecule has 0 aliphatic carbocycles. The summed E-state index contributed by atoms with van der Waals surface area (Å²) in [5, 5.41) is 3.81. The van der Waals surface area contributed by atoms with Crippen LogP contribution in [-0.2, 0) is 4.74 Å². The minimum atomic E-state index is 0.548. The number of anilines is 1. The lowest BCUT2D eigenvalue weighted by Gasteiger charge is -2.36. The molecule has 0 saturated carbocycles. The van der Waals surface area contributed by atoms with Crippen LogP contribution in [-0.4, -0.2) is 45.5 Å². The summed E-state index contributed by atoms with van der Waals surface area (Å²) in [7, 11) is 1.72. The third kappa shape index (κ3) is 4.63. The third-order valence-electron chi connectivity index (χ3n) is 5.74. The predicted molar refractivity (Wildman–Crippen MR) is 111 cm³/mol. The number of rotatable bonds is 5. The maximum Gasteiger partial charge on any atom is 0.119 e. The van der Waals surface area contributed by atoms with Gasteiger partial charge in [0.05, 0.1) is 13.7 Å². The first kappa shape index (κ1) is 18.3. The molecule has 2 aromatic rings. The highest BCUT2D eigenvalue weighted by Gasteiger charge is 2.23. The first-order chi connectivity index (χ1) is 13.3. The summed E-state index contributed by atoms with van der Waals surface area (Å²) in [6.07, 6.45) is 4.83. The van der Waals surface area contributed by atoms with Gasteiger partial charge in [-0.15, -0.1) is 0 Å². The zero-order valence-corrected chi connectivity index (χ0v) is 16.2. The van der Waals surface area contributed by atoms with E-state index in [1.54, 1.807) is 7.11 Å². The molecule has 0 aromatic heterocycles. The lowest BCUT2D eigenvalue weighted by molar-refractivity contribution is 0.0650. The molecule has 0 radical (unpaired) electrons. The van der Waals surface area contributed by atoms with Crippen molar-refractivity contribution in [3.8, 4) is 16.9 Å². The van der Waals surface area contributed by atoms with E-state index in [0.29, 0.717) is 12.1 Å². The van der Waals surface area contributed by atoms with Crippen LogP contribution >= 0.6 is 0 Å². The van der Waals surface area contributed by atoms with Crippen molar-refractivity contribution in [2.75, 3.05) is 38.3 Å². The number of nitrogens with zero attached hydrogens (tertiary/aromatic N) is 1. The maximum atomic E-state index is 5.60. The molecular weight excluding hydrogens is 336 g/mol. The summed E-state index contributed by atoms with van der Waals surface area (Å²) < 4.78 is 11.0. The second-order valence-corrected chi connectivity index (χ2v) is 7.62. The topological polar surface area (TPSA) is 33.7 Å². The van der Waals surface area contributed by atoms with E-state index in [1.807, 2.05) is 12.1 Å². The molecular formula is C23H30N2O2. The fraction of sp³-hybridized carbons (Fsp3) is 0.478. The Morgan fingerprint density at radius 3 is 2.48 bits per heavy atom. The highest BCUT2D eigenvalue weighted by Crippen LogP contribution is 2.29. The smallest absolute Gasteiger partial charge is 0.119 e. The Bertz CT molecular complexity index is 735. The molecule has 144 valence electrons. The zero-order valence-electron chi connectivity index (χ0n) is 16.2. The molecule has 4 nitrogen and oxygen atoms in total. The van der Waals surface area contributed by atoms with Gasteiger partial charge in [-0.25, -0.2) is 0 Å². The monoisotopic (exact) mass is 366 g/mol. The van der Waals surface area contributed by atoms with Gasteiger partial charge < -0.3 is 19.7 Å². The van der Waals surface area contributed by atoms with Crippen LogP contribution < -0.4 is 15.0 Å². The van der Waals surface area contributed by atoms with Crippen LogP contribution in [0.4, 0.5) is 5.69 Å². The maximum absolute atomic E-state index is 5.60. The fourth-order valence-corrected chi connectivity index (χ4v) is 4.19. The summed E-state index contributed by atoms with van der Waals surface area (Å²) in [6, 6.07) is 18.3. The van der Waals surface area contributed by atoms with Crippen LogP contribution in [0.25, 0.3) is 11.1 Å². The number of ether oxygens (including phenoxy) is 2. The molecule has 0 amide bonds. The van der Waals surface area contributed by atoms with Gasteiger partial charge in [-0.3, -0.25) is 0 Å². The van der Waals surface area contributed by atoms with Gasteiger partial charge in [0.15, 0.2) is 0 Å². The minimum Gasteiger partial charge on any atom is -0.497 e. The van der Waals surface area contributed by atoms with Gasteiger partial charge in [-0.2, -0.15) is 0 Å². The molecule has 2 aliphatic rings. The van der Waals surface area contributed by atoms with Crippen molar-refractivity contribution < 1.29 is 9.47 Å². The summed E-state index contributed by atoms with van der Waals surface area (Å²) in [6.45, 7) is 4.02. The van der Waals surface area contributed by atoms with Crippen LogP contribution in [0.1, 0.15) is 25.7 Å². The number of methoxy groups -OCH3 is 1. The molecule has 2 aliphatic heterocycles. The first-order valence-electron chi connectivity index (χ1n) is 10.1. The Labute approximate surface area is 162 Å². The van der Waals surface area contributed by atoms with Gasteiger partial charge in [-0.1, -0.05) is 24.3 Å². The van der Waals surface area contributed by atoms with Crippen molar-refractivity contribution in [3.05, 3.63) is 48.5 Å². The number of hydrogen-bond acceptors (Lipinski definition) is 4. The van der Waals surface area contributed by atoms with Gasteiger partial charge in [0.25, 0.3) is 0 Å². The van der Waals surface area contributed by atoms with Gasteiger partial charge in [0.1, 0.15) is 5.75 Å². The zero-order chi connectivity index (χ0) is 18.5. The Morgan fingerprint density at radius 2 is 1.74 bits per heavy atom. The minimum absolute atomic E-state index is 0.548. The van der Waals surface area contributed by atoms with E-state index >= 15 is 0 Å². The molecule has 0 spiro atoms. The average Bonchev–Trinajstić information content (AvgIpc) is 2.75. The Morgan fingerprint density at radius 1 is 0.963 bits per heavy atom. The molecule has 2 saturated heterocycles. The second kappa shape index (κ2) is 8.77. The number of nitrogens with one attached hydrogen (secondary N) is 1. The van der Waals surface area contributed by atoms with E-state index in [4.69, 9.17) is 9.47 Å². The third-order valence-corrected chi connectivity index (χ3v) is 5.74. The molecule has 1 atom stereocenters. The molecule has 27 heavy (non-hydrogen) atoms. The largest absolute Gasteiger partial charge is 0.497 e. The summed E-state index contributed by atoms with van der Waals surface area (Å²) in [5.74, 6) is 0.900. The van der Waals surface area contributed by atoms with E-state index in [2.05, 4.69) is 46.6 Å². The van der Waals surface area contributed by atoms with E-state index in [0.717, 1.165) is 32.1 Å². The van der Waals surface area contributed by atoms with Crippen molar-refractivity contribution in [1.29, 1.82) is 0 Å². The number of piperidine rings is 1. The SMILES string of the molecule is COc1cccc(-c2cccc(N3CCC(N[C@@H]4CCCOC4)CC3)c2)c1. The second-order valence-electron chi connectivity index (χ2n) is 7.62. The summed E-state index contributed by atoms with van der Waals surface area (Å²) >= 11 is 0. The lowest BCUT2D eigenvalue weighted by atomic mass is 10.00. The predicted octanol–water partition coefficient (Wildman–Crippen LogP) is 4.10. The van der Waals surface area contributed by atoms with Gasteiger partial charge in [-0.05, 0) is 61.1 Å². The van der Waals surface area contributed by atoms with E-state index in [1.165, 1.54) is 42.5 Å². The fourth-order valence-electron chi connectivity index (χ4n) is 4.19. The molecule has 0 unspecified atom stereocenters. The normalized spacial score (nSPS) is 21.2. The highest BCUT2D eigenvalue weighted by molar-refractivity contribution is 5.69. The molecule has 4 rings (SSSR count). The van der Waals surface area contributed by atoms with E-state index in [9.17, 15) is 0 Å². The van der Waals surface area contributed by atoms with Crippen LogP contribution in [0.5, 0.6) is 5.75 Å². The first-order valence-corrected chi connectivity index (χ1v) is 10.1. The van der Waals surface area contributed by atoms with E-state index in [-0.39, 0.29) is 0 Å². The molecule has 1 N–H and O–H groups in total. The van der Waals surface area contributed by atoms with Gasteiger partial charge in [0.2, 0.25) is 0 Å². The Kier molecular flexibility index (Phi) is 5.95. The van der Waals surface area contributed by atoms with Crippen molar-refractivity contribution in [3.63, 3.8) is 0 Å². The molecule has 0 bridgehead atoms. The van der Waals surface area contributed by atoms with Crippen LogP contribution in [0.15, 0.2) is 48.5 Å². The summed E-state index contributed by atoms with van der Waals surface area (Å²) in [5.41, 5.74) is 3.76. The standard InChI is InChI=1S/C23H30N2O2/c1-26-23-9-3-6-19(16-23)18-5-2-8-22(15-18)25-12-10-20(11-13-25)24-21-7-4-14-27-17-21/h2-3,5-6,8-9,15-16,20-21,24H,4,7,10-14,17H2,1H3/t21-/m1/s1. The molecule has 2 heterocycles. The van der Waals surface area contributed by atoms with Gasteiger partial charge in [0, 0.05) is 37.5 Å². The van der Waals surface area contributed by atoms with Crippen molar-refractivity contribution in [1.82, 2.24) is 5.32 Å². The van der Waals surface area contributed by atoms with Crippen molar-refractivity contribution >= 4 is 5.69 Å². The lowest BCUT2D eigenvalue weighted by Crippen LogP contribution is -2.48. The van der Waals surface area contributed by atoms with Crippen molar-refractivity contribution in [2.24, 2.45) is 0 Å². The van der Waals surface area contributed by atoms with Crippen LogP contribution in [0.3, 0.4) is 0 Å². The highest BCUT2D eigenvalue weighted by atomic mass is 16.5. The number of hydrogen-bond donors (Lipinski definition) is 1. The Balaban J connectivity index is 1.38. The molecule has 4 heteroatoms.